The topological polar surface area (TPSA) is 41.6 Å². The number of carbonyl (C=O) groups excluding carboxylic acids is 1. The number of para-hydroxylation sites is 2. The lowest BCUT2D eigenvalue weighted by atomic mass is 10.1. The Kier molecular flexibility index (Phi) is 4.86. The number of aryl methyl sites for hydroxylation is 1. The Morgan fingerprint density at radius 3 is 2.96 bits per heavy atom. The molecule has 1 aliphatic heterocycles. The number of nitrogens with zero attached hydrogens (tertiary/aromatic N) is 1. The molecule has 4 nitrogen and oxygen atoms in total. The van der Waals surface area contributed by atoms with Crippen molar-refractivity contribution < 1.29 is 9.53 Å². The molecule has 0 bridgehead atoms. The number of ether oxygens (including phenoxy) is 1. The van der Waals surface area contributed by atoms with E-state index in [1.807, 2.05) is 35.9 Å². The molecule has 1 saturated heterocycles. The minimum Gasteiger partial charge on any atom is -0.495 e. The van der Waals surface area contributed by atoms with Gasteiger partial charge in [0.15, 0.2) is 0 Å². The summed E-state index contributed by atoms with van der Waals surface area (Å²) in [6.45, 7) is 4.64. The molecule has 1 atom stereocenters. The maximum atomic E-state index is 12.2. The van der Waals surface area contributed by atoms with Crippen LogP contribution in [-0.2, 0) is 0 Å². The zero-order valence-corrected chi connectivity index (χ0v) is 14.4. The van der Waals surface area contributed by atoms with E-state index in [1.165, 1.54) is 0 Å². The molecule has 0 saturated carbocycles. The number of thiophene rings is 1. The van der Waals surface area contributed by atoms with Crippen LogP contribution in [0.4, 0.5) is 5.69 Å². The van der Waals surface area contributed by atoms with Gasteiger partial charge in [0.25, 0.3) is 5.91 Å². The Morgan fingerprint density at radius 2 is 2.22 bits per heavy atom. The lowest BCUT2D eigenvalue weighted by Gasteiger charge is -2.21. The minimum atomic E-state index is 0.0412. The molecule has 1 N–H and O–H groups in total. The van der Waals surface area contributed by atoms with Crippen molar-refractivity contribution in [3.63, 3.8) is 0 Å². The molecule has 1 fully saturated rings. The van der Waals surface area contributed by atoms with E-state index in [4.69, 9.17) is 4.74 Å². The molecular weight excluding hydrogens is 308 g/mol. The predicted molar refractivity (Wildman–Crippen MR) is 94.7 cm³/mol. The van der Waals surface area contributed by atoms with Crippen molar-refractivity contribution in [1.82, 2.24) is 5.32 Å². The highest BCUT2D eigenvalue weighted by molar-refractivity contribution is 7.08. The summed E-state index contributed by atoms with van der Waals surface area (Å²) < 4.78 is 5.44. The first-order valence-electron chi connectivity index (χ1n) is 7.88. The quantitative estimate of drug-likeness (QED) is 0.914. The predicted octanol–water partition coefficient (Wildman–Crippen LogP) is 3.32. The molecule has 1 aromatic heterocycles. The van der Waals surface area contributed by atoms with Crippen molar-refractivity contribution in [2.24, 2.45) is 5.92 Å². The Labute approximate surface area is 141 Å². The van der Waals surface area contributed by atoms with Crippen LogP contribution in [0, 0.1) is 12.8 Å². The molecule has 0 spiro atoms. The van der Waals surface area contributed by atoms with E-state index < -0.39 is 0 Å². The summed E-state index contributed by atoms with van der Waals surface area (Å²) in [5.74, 6) is 1.42. The Morgan fingerprint density at radius 1 is 1.39 bits per heavy atom. The molecule has 3 rings (SSSR count). The van der Waals surface area contributed by atoms with Crippen LogP contribution in [0.2, 0.25) is 0 Å². The summed E-state index contributed by atoms with van der Waals surface area (Å²) in [6.07, 6.45) is 1.08. The molecule has 1 aromatic carbocycles. The lowest BCUT2D eigenvalue weighted by Crippen LogP contribution is -2.31. The van der Waals surface area contributed by atoms with Gasteiger partial charge in [-0.3, -0.25) is 4.79 Å². The normalized spacial score (nSPS) is 17.3. The van der Waals surface area contributed by atoms with Crippen molar-refractivity contribution in [2.75, 3.05) is 31.6 Å². The van der Waals surface area contributed by atoms with E-state index in [2.05, 4.69) is 16.3 Å². The number of anilines is 1. The second-order valence-corrected chi connectivity index (χ2v) is 6.69. The van der Waals surface area contributed by atoms with Crippen molar-refractivity contribution in [3.05, 3.63) is 46.2 Å². The van der Waals surface area contributed by atoms with Crippen molar-refractivity contribution in [1.29, 1.82) is 0 Å². The molecule has 1 amide bonds. The number of methoxy groups -OCH3 is 1. The van der Waals surface area contributed by atoms with Gasteiger partial charge in [0, 0.05) is 25.0 Å². The van der Waals surface area contributed by atoms with Crippen molar-refractivity contribution in [2.45, 2.75) is 13.3 Å². The highest BCUT2D eigenvalue weighted by Crippen LogP contribution is 2.31. The minimum absolute atomic E-state index is 0.0412. The van der Waals surface area contributed by atoms with Crippen LogP contribution in [-0.4, -0.2) is 32.7 Å². The molecule has 2 aromatic rings. The molecule has 5 heteroatoms. The van der Waals surface area contributed by atoms with Crippen LogP contribution in [0.5, 0.6) is 5.75 Å². The van der Waals surface area contributed by atoms with Crippen LogP contribution in [0.3, 0.4) is 0 Å². The van der Waals surface area contributed by atoms with Gasteiger partial charge >= 0.3 is 0 Å². The van der Waals surface area contributed by atoms with Gasteiger partial charge in [-0.25, -0.2) is 0 Å². The van der Waals surface area contributed by atoms with E-state index >= 15 is 0 Å². The largest absolute Gasteiger partial charge is 0.495 e. The maximum Gasteiger partial charge on any atom is 0.252 e. The number of rotatable bonds is 5. The maximum absolute atomic E-state index is 12.2. The summed E-state index contributed by atoms with van der Waals surface area (Å²) >= 11 is 1.57. The average Bonchev–Trinajstić information content (AvgIpc) is 3.21. The summed E-state index contributed by atoms with van der Waals surface area (Å²) in [6, 6.07) is 8.10. The summed E-state index contributed by atoms with van der Waals surface area (Å²) in [7, 11) is 1.70. The number of hydrogen-bond donors (Lipinski definition) is 1. The zero-order valence-electron chi connectivity index (χ0n) is 13.5. The lowest BCUT2D eigenvalue weighted by molar-refractivity contribution is 0.0948. The first-order chi connectivity index (χ1) is 11.2. The third-order valence-electron chi connectivity index (χ3n) is 4.36. The summed E-state index contributed by atoms with van der Waals surface area (Å²) in [5.41, 5.74) is 2.99. The molecule has 0 radical (unpaired) electrons. The number of carbonyl (C=O) groups is 1. The van der Waals surface area contributed by atoms with Crippen LogP contribution < -0.4 is 15.0 Å². The van der Waals surface area contributed by atoms with Crippen molar-refractivity contribution >= 4 is 22.9 Å². The second kappa shape index (κ2) is 7.04. The van der Waals surface area contributed by atoms with Gasteiger partial charge in [0.2, 0.25) is 0 Å². The van der Waals surface area contributed by atoms with E-state index in [1.54, 1.807) is 18.4 Å². The average molecular weight is 330 g/mol. The fourth-order valence-corrected chi connectivity index (χ4v) is 3.86. The van der Waals surface area contributed by atoms with Crippen molar-refractivity contribution in [3.8, 4) is 5.75 Å². The molecular formula is C18H22N2O2S. The standard InChI is InChI=1S/C18H22N2O2S/c1-13-11-23-12-15(13)18(21)19-9-14-7-8-20(10-14)16-5-3-4-6-17(16)22-2/h3-6,11-12,14H,7-10H2,1-2H3,(H,19,21). The summed E-state index contributed by atoms with van der Waals surface area (Å²) in [5, 5.41) is 7.00. The summed E-state index contributed by atoms with van der Waals surface area (Å²) in [4.78, 5) is 14.5. The third-order valence-corrected chi connectivity index (χ3v) is 5.22. The van der Waals surface area contributed by atoms with Gasteiger partial charge in [0.1, 0.15) is 5.75 Å². The number of hydrogen-bond acceptors (Lipinski definition) is 4. The van der Waals surface area contributed by atoms with Gasteiger partial charge in [-0.05, 0) is 42.3 Å². The fraction of sp³-hybridized carbons (Fsp3) is 0.389. The van der Waals surface area contributed by atoms with Crippen LogP contribution in [0.15, 0.2) is 35.0 Å². The SMILES string of the molecule is COc1ccccc1N1CCC(CNC(=O)c2cscc2C)C1. The first-order valence-corrected chi connectivity index (χ1v) is 8.82. The highest BCUT2D eigenvalue weighted by Gasteiger charge is 2.25. The van der Waals surface area contributed by atoms with E-state index in [-0.39, 0.29) is 5.91 Å². The van der Waals surface area contributed by atoms with Gasteiger partial charge in [-0.2, -0.15) is 11.3 Å². The van der Waals surface area contributed by atoms with Crippen LogP contribution >= 0.6 is 11.3 Å². The molecule has 0 aliphatic carbocycles. The smallest absolute Gasteiger partial charge is 0.252 e. The third kappa shape index (κ3) is 3.50. The van der Waals surface area contributed by atoms with E-state index in [9.17, 15) is 4.79 Å². The van der Waals surface area contributed by atoms with Crippen LogP contribution in [0.1, 0.15) is 22.3 Å². The number of benzene rings is 1. The Balaban J connectivity index is 1.56. The molecule has 122 valence electrons. The Bertz CT molecular complexity index is 683. The van der Waals surface area contributed by atoms with Crippen LogP contribution in [0.25, 0.3) is 0 Å². The Hall–Kier alpha value is -2.01. The van der Waals surface area contributed by atoms with Gasteiger partial charge in [-0.15, -0.1) is 0 Å². The second-order valence-electron chi connectivity index (χ2n) is 5.95. The fourth-order valence-electron chi connectivity index (χ4n) is 3.03. The molecule has 23 heavy (non-hydrogen) atoms. The van der Waals surface area contributed by atoms with Gasteiger partial charge < -0.3 is 15.0 Å². The van der Waals surface area contributed by atoms with Gasteiger partial charge in [0.05, 0.1) is 18.4 Å². The molecule has 1 aliphatic rings. The zero-order chi connectivity index (χ0) is 16.2. The molecule has 1 unspecified atom stereocenters. The monoisotopic (exact) mass is 330 g/mol. The highest BCUT2D eigenvalue weighted by atomic mass is 32.1. The van der Waals surface area contributed by atoms with E-state index in [0.717, 1.165) is 48.6 Å². The number of amides is 1. The van der Waals surface area contributed by atoms with Gasteiger partial charge in [-0.1, -0.05) is 12.1 Å². The molecule has 2 heterocycles. The van der Waals surface area contributed by atoms with E-state index in [0.29, 0.717) is 5.92 Å². The number of nitrogens with one attached hydrogen (secondary N) is 1. The first kappa shape index (κ1) is 15.9.